The minimum atomic E-state index is -0.460. The molecule has 168 valence electrons. The van der Waals surface area contributed by atoms with Gasteiger partial charge in [-0.25, -0.2) is 14.6 Å². The van der Waals surface area contributed by atoms with Gasteiger partial charge in [-0.15, -0.1) is 0 Å². The molecule has 1 aliphatic rings. The maximum Gasteiger partial charge on any atom is 0.358 e. The smallest absolute Gasteiger partial charge is 0.358 e. The minimum Gasteiger partial charge on any atom is -0.461 e. The molecule has 0 unspecified atom stereocenters. The number of carbonyl (C=O) groups is 2. The van der Waals surface area contributed by atoms with E-state index in [1.54, 1.807) is 16.4 Å². The van der Waals surface area contributed by atoms with E-state index in [4.69, 9.17) is 9.72 Å². The van der Waals surface area contributed by atoms with E-state index in [-0.39, 0.29) is 18.7 Å². The molecule has 2 aromatic rings. The fourth-order valence-corrected chi connectivity index (χ4v) is 4.11. The first-order valence-electron chi connectivity index (χ1n) is 11.4. The number of nitrogens with one attached hydrogen (secondary N) is 1. The van der Waals surface area contributed by atoms with Crippen molar-refractivity contribution >= 4 is 17.8 Å². The molecule has 3 rings (SSSR count). The second-order valence-corrected chi connectivity index (χ2v) is 8.08. The summed E-state index contributed by atoms with van der Waals surface area (Å²) in [6.45, 7) is 4.53. The molecule has 0 spiro atoms. The number of rotatable bonds is 8. The highest BCUT2D eigenvalue weighted by atomic mass is 16.5. The van der Waals surface area contributed by atoms with Gasteiger partial charge in [0.25, 0.3) is 0 Å². The van der Waals surface area contributed by atoms with Crippen molar-refractivity contribution in [2.24, 2.45) is 7.05 Å². The molecule has 1 heterocycles. The summed E-state index contributed by atoms with van der Waals surface area (Å²) in [5, 5.41) is 3.16. The molecule has 1 fully saturated rings. The number of amides is 2. The maximum atomic E-state index is 13.2. The number of ether oxygens (including phenoxy) is 1. The van der Waals surface area contributed by atoms with Crippen molar-refractivity contribution in [2.75, 3.05) is 18.1 Å². The number of carbonyl (C=O) groups excluding carboxylic acids is 2. The Morgan fingerprint density at radius 1 is 1.16 bits per heavy atom. The fourth-order valence-electron chi connectivity index (χ4n) is 4.11. The van der Waals surface area contributed by atoms with Crippen LogP contribution in [0.2, 0.25) is 0 Å². The number of hydrogen-bond acceptors (Lipinski definition) is 4. The normalized spacial score (nSPS) is 14.3. The van der Waals surface area contributed by atoms with Crippen LogP contribution in [0.25, 0.3) is 0 Å². The number of imidazole rings is 1. The molecule has 0 saturated heterocycles. The second-order valence-electron chi connectivity index (χ2n) is 8.08. The van der Waals surface area contributed by atoms with Crippen LogP contribution in [0.1, 0.15) is 74.2 Å². The predicted molar refractivity (Wildman–Crippen MR) is 121 cm³/mol. The Bertz CT molecular complexity index is 872. The molecular formula is C24H34N4O3. The number of esters is 1. The van der Waals surface area contributed by atoms with Gasteiger partial charge in [-0.1, -0.05) is 56.5 Å². The van der Waals surface area contributed by atoms with E-state index in [2.05, 4.69) is 5.32 Å². The lowest BCUT2D eigenvalue weighted by atomic mass is 9.96. The van der Waals surface area contributed by atoms with Crippen molar-refractivity contribution in [2.45, 2.75) is 64.8 Å². The van der Waals surface area contributed by atoms with Crippen molar-refractivity contribution in [3.05, 3.63) is 47.4 Å². The van der Waals surface area contributed by atoms with E-state index in [0.29, 0.717) is 24.5 Å². The zero-order valence-corrected chi connectivity index (χ0v) is 18.9. The topological polar surface area (TPSA) is 76.5 Å². The number of aromatic nitrogens is 2. The molecule has 1 aliphatic carbocycles. The molecule has 7 heteroatoms. The van der Waals surface area contributed by atoms with Crippen molar-refractivity contribution in [3.8, 4) is 0 Å². The zero-order chi connectivity index (χ0) is 22.2. The molecule has 0 bridgehead atoms. The quantitative estimate of drug-likeness (QED) is 0.633. The summed E-state index contributed by atoms with van der Waals surface area (Å²) < 4.78 is 7.07. The third-order valence-electron chi connectivity index (χ3n) is 5.72. The zero-order valence-electron chi connectivity index (χ0n) is 18.9. The van der Waals surface area contributed by atoms with E-state index in [9.17, 15) is 9.59 Å². The Morgan fingerprint density at radius 2 is 1.87 bits per heavy atom. The van der Waals surface area contributed by atoms with Gasteiger partial charge < -0.3 is 14.6 Å². The van der Waals surface area contributed by atoms with E-state index >= 15 is 0 Å². The van der Waals surface area contributed by atoms with Crippen molar-refractivity contribution in [1.82, 2.24) is 14.9 Å². The summed E-state index contributed by atoms with van der Waals surface area (Å²) in [5.41, 5.74) is 1.41. The van der Waals surface area contributed by atoms with Crippen LogP contribution in [-0.2, 0) is 18.2 Å². The highest BCUT2D eigenvalue weighted by Crippen LogP contribution is 2.25. The summed E-state index contributed by atoms with van der Waals surface area (Å²) in [6.07, 6.45) is 6.81. The van der Waals surface area contributed by atoms with Crippen LogP contribution in [0.4, 0.5) is 10.6 Å². The van der Waals surface area contributed by atoms with Crippen LogP contribution >= 0.6 is 0 Å². The van der Waals surface area contributed by atoms with Gasteiger partial charge in [-0.2, -0.15) is 0 Å². The SMILES string of the molecule is CCCN(C(=O)NC1CCCCC1)c1nc(Cc2ccccc2)n(C)c1C(=O)OCC. The highest BCUT2D eigenvalue weighted by molar-refractivity contribution is 6.00. The van der Waals surface area contributed by atoms with E-state index in [1.807, 2.05) is 44.3 Å². The molecule has 2 amide bonds. The number of urea groups is 1. The third-order valence-corrected chi connectivity index (χ3v) is 5.72. The van der Waals surface area contributed by atoms with Crippen LogP contribution in [0.5, 0.6) is 0 Å². The van der Waals surface area contributed by atoms with Gasteiger partial charge in [-0.05, 0) is 31.7 Å². The molecule has 0 radical (unpaired) electrons. The molecule has 1 saturated carbocycles. The van der Waals surface area contributed by atoms with Gasteiger partial charge in [0, 0.05) is 26.1 Å². The summed E-state index contributed by atoms with van der Waals surface area (Å²) in [5.74, 6) is 0.635. The molecule has 0 aliphatic heterocycles. The summed E-state index contributed by atoms with van der Waals surface area (Å²) >= 11 is 0. The van der Waals surface area contributed by atoms with Crippen LogP contribution in [0.3, 0.4) is 0 Å². The molecule has 31 heavy (non-hydrogen) atoms. The third kappa shape index (κ3) is 5.66. The molecule has 0 atom stereocenters. The van der Waals surface area contributed by atoms with E-state index < -0.39 is 5.97 Å². The fraction of sp³-hybridized carbons (Fsp3) is 0.542. The van der Waals surface area contributed by atoms with Gasteiger partial charge in [-0.3, -0.25) is 4.90 Å². The van der Waals surface area contributed by atoms with Crippen LogP contribution in [0, 0.1) is 0 Å². The average molecular weight is 427 g/mol. The number of hydrogen-bond donors (Lipinski definition) is 1. The molecule has 1 N–H and O–H groups in total. The molecular weight excluding hydrogens is 392 g/mol. The van der Waals surface area contributed by atoms with Gasteiger partial charge >= 0.3 is 12.0 Å². The van der Waals surface area contributed by atoms with E-state index in [0.717, 1.165) is 43.5 Å². The number of benzene rings is 1. The largest absolute Gasteiger partial charge is 0.461 e. The minimum absolute atomic E-state index is 0.180. The first-order valence-corrected chi connectivity index (χ1v) is 11.4. The lowest BCUT2D eigenvalue weighted by Crippen LogP contribution is -2.46. The standard InChI is InChI=1S/C24H34N4O3/c1-4-16-28(24(30)25-19-14-10-7-11-15-19)22-21(23(29)31-5-2)27(3)20(26-22)17-18-12-8-6-9-13-18/h6,8-9,12-13,19H,4-5,7,10-11,14-17H2,1-3H3,(H,25,30). The second kappa shape index (κ2) is 11.0. The van der Waals surface area contributed by atoms with Gasteiger partial charge in [0.2, 0.25) is 0 Å². The lowest BCUT2D eigenvalue weighted by molar-refractivity contribution is 0.0516. The van der Waals surface area contributed by atoms with Gasteiger partial charge in [0.1, 0.15) is 5.82 Å². The van der Waals surface area contributed by atoms with Crippen LogP contribution in [0.15, 0.2) is 30.3 Å². The summed E-state index contributed by atoms with van der Waals surface area (Å²) in [4.78, 5) is 32.4. The Morgan fingerprint density at radius 3 is 2.52 bits per heavy atom. The van der Waals surface area contributed by atoms with Crippen molar-refractivity contribution in [3.63, 3.8) is 0 Å². The summed E-state index contributed by atoms with van der Waals surface area (Å²) in [6, 6.07) is 9.97. The Labute approximate surface area is 184 Å². The van der Waals surface area contributed by atoms with Crippen LogP contribution < -0.4 is 10.2 Å². The van der Waals surface area contributed by atoms with Crippen molar-refractivity contribution in [1.29, 1.82) is 0 Å². The average Bonchev–Trinajstić information content (AvgIpc) is 3.09. The number of anilines is 1. The Hall–Kier alpha value is -2.83. The highest BCUT2D eigenvalue weighted by Gasteiger charge is 2.30. The first kappa shape index (κ1) is 22.8. The predicted octanol–water partition coefficient (Wildman–Crippen LogP) is 4.45. The van der Waals surface area contributed by atoms with Gasteiger partial charge in [0.15, 0.2) is 11.5 Å². The summed E-state index contributed by atoms with van der Waals surface area (Å²) in [7, 11) is 1.81. The monoisotopic (exact) mass is 426 g/mol. The lowest BCUT2D eigenvalue weighted by Gasteiger charge is -2.27. The van der Waals surface area contributed by atoms with Crippen molar-refractivity contribution < 1.29 is 14.3 Å². The maximum absolute atomic E-state index is 13.2. The Kier molecular flexibility index (Phi) is 8.09. The van der Waals surface area contributed by atoms with E-state index in [1.165, 1.54) is 6.42 Å². The first-order chi connectivity index (χ1) is 15.0. The van der Waals surface area contributed by atoms with Crippen LogP contribution in [-0.4, -0.2) is 40.7 Å². The number of nitrogens with zero attached hydrogens (tertiary/aromatic N) is 3. The Balaban J connectivity index is 1.94. The molecule has 7 nitrogen and oxygen atoms in total. The molecule has 1 aromatic heterocycles. The molecule has 1 aromatic carbocycles. The van der Waals surface area contributed by atoms with Gasteiger partial charge in [0.05, 0.1) is 6.61 Å².